The fourth-order valence-corrected chi connectivity index (χ4v) is 4.77. The van der Waals surface area contributed by atoms with E-state index in [2.05, 4.69) is 5.32 Å². The topological polar surface area (TPSA) is 105 Å². The highest BCUT2D eigenvalue weighted by molar-refractivity contribution is 7.92. The molecule has 9 nitrogen and oxygen atoms in total. The number of anilines is 1. The number of rotatable bonds is 14. The van der Waals surface area contributed by atoms with Crippen molar-refractivity contribution in [3.05, 3.63) is 54.1 Å². The number of carbonyl (C=O) groups excluding carboxylic acids is 2. The van der Waals surface area contributed by atoms with E-state index in [9.17, 15) is 18.0 Å². The molecule has 0 radical (unpaired) electrons. The number of carbonyl (C=O) groups is 2. The van der Waals surface area contributed by atoms with Crippen LogP contribution in [-0.4, -0.2) is 70.8 Å². The van der Waals surface area contributed by atoms with Gasteiger partial charge in [0.15, 0.2) is 0 Å². The molecule has 2 rings (SSSR count). The Bertz CT molecular complexity index is 1140. The lowest BCUT2D eigenvalue weighted by Crippen LogP contribution is -2.54. The summed E-state index contributed by atoms with van der Waals surface area (Å²) >= 11 is 0. The quantitative estimate of drug-likeness (QED) is 0.400. The number of hydrogen-bond donors (Lipinski definition) is 1. The molecule has 1 N–H and O–H groups in total. The highest BCUT2D eigenvalue weighted by Gasteiger charge is 2.32. The van der Waals surface area contributed by atoms with Crippen LogP contribution in [0.15, 0.2) is 48.5 Å². The molecular formula is C27H39N3O6S. The van der Waals surface area contributed by atoms with Crippen molar-refractivity contribution in [2.75, 3.05) is 37.9 Å². The van der Waals surface area contributed by atoms with Gasteiger partial charge in [-0.05, 0) is 43.9 Å². The Morgan fingerprint density at radius 1 is 1.00 bits per heavy atom. The average Bonchev–Trinajstić information content (AvgIpc) is 2.88. The smallest absolute Gasteiger partial charge is 0.244 e. The third-order valence-corrected chi connectivity index (χ3v) is 7.33. The van der Waals surface area contributed by atoms with E-state index in [-0.39, 0.29) is 29.9 Å². The second-order valence-corrected chi connectivity index (χ2v) is 10.8. The maximum absolute atomic E-state index is 13.8. The number of hydrogen-bond acceptors (Lipinski definition) is 6. The van der Waals surface area contributed by atoms with Crippen molar-refractivity contribution in [3.8, 4) is 11.5 Å². The average molecular weight is 534 g/mol. The first-order valence-electron chi connectivity index (χ1n) is 12.4. The van der Waals surface area contributed by atoms with Gasteiger partial charge in [-0.2, -0.15) is 0 Å². The Kier molecular flexibility index (Phi) is 11.2. The van der Waals surface area contributed by atoms with Crippen molar-refractivity contribution < 1.29 is 27.5 Å². The van der Waals surface area contributed by atoms with Crippen LogP contribution in [0.1, 0.15) is 39.2 Å². The van der Waals surface area contributed by atoms with E-state index in [0.717, 1.165) is 22.5 Å². The van der Waals surface area contributed by atoms with Crippen molar-refractivity contribution in [3.63, 3.8) is 0 Å². The van der Waals surface area contributed by atoms with Crippen LogP contribution in [-0.2, 0) is 26.0 Å². The van der Waals surface area contributed by atoms with Crippen LogP contribution < -0.4 is 19.1 Å². The summed E-state index contributed by atoms with van der Waals surface area (Å²) in [6.07, 6.45) is 2.67. The molecule has 0 bridgehead atoms. The van der Waals surface area contributed by atoms with E-state index in [1.807, 2.05) is 51.1 Å². The molecular weight excluding hydrogens is 494 g/mol. The zero-order chi connectivity index (χ0) is 27.6. The molecule has 0 aliphatic rings. The third-order valence-electron chi connectivity index (χ3n) is 6.21. The molecule has 0 fully saturated rings. The SMILES string of the molecule is CCC(C)NC(=O)C(CC)N(CCc1ccccc1)C(=O)CN(c1cc(OC)ccc1OC)S(C)(=O)=O. The molecule has 2 unspecified atom stereocenters. The van der Waals surface area contributed by atoms with Gasteiger partial charge in [-0.15, -0.1) is 0 Å². The summed E-state index contributed by atoms with van der Waals surface area (Å²) in [6.45, 7) is 5.46. The fourth-order valence-electron chi connectivity index (χ4n) is 3.92. The van der Waals surface area contributed by atoms with Crippen LogP contribution in [0.25, 0.3) is 0 Å². The molecule has 0 aliphatic carbocycles. The Balaban J connectivity index is 2.45. The summed E-state index contributed by atoms with van der Waals surface area (Å²) in [5.41, 5.74) is 1.18. The number of ether oxygens (including phenoxy) is 2. The summed E-state index contributed by atoms with van der Waals surface area (Å²) in [7, 11) is -1.01. The van der Waals surface area contributed by atoms with Crippen LogP contribution >= 0.6 is 0 Å². The van der Waals surface area contributed by atoms with Gasteiger partial charge in [0.1, 0.15) is 24.1 Å². The number of amides is 2. The predicted molar refractivity (Wildman–Crippen MR) is 146 cm³/mol. The number of sulfonamides is 1. The van der Waals surface area contributed by atoms with Crippen molar-refractivity contribution in [2.24, 2.45) is 0 Å². The largest absolute Gasteiger partial charge is 0.497 e. The Hall–Kier alpha value is -3.27. The molecule has 0 aromatic heterocycles. The Morgan fingerprint density at radius 3 is 2.22 bits per heavy atom. The first-order valence-corrected chi connectivity index (χ1v) is 14.2. The highest BCUT2D eigenvalue weighted by atomic mass is 32.2. The normalized spacial score (nSPS) is 12.8. The molecule has 2 atom stereocenters. The molecule has 0 spiro atoms. The Labute approximate surface area is 220 Å². The summed E-state index contributed by atoms with van der Waals surface area (Å²) < 4.78 is 37.4. The van der Waals surface area contributed by atoms with Gasteiger partial charge in [-0.3, -0.25) is 13.9 Å². The van der Waals surface area contributed by atoms with Gasteiger partial charge in [-0.1, -0.05) is 44.2 Å². The number of methoxy groups -OCH3 is 2. The van der Waals surface area contributed by atoms with Crippen LogP contribution in [0, 0.1) is 0 Å². The van der Waals surface area contributed by atoms with Gasteiger partial charge in [0.25, 0.3) is 0 Å². The summed E-state index contributed by atoms with van der Waals surface area (Å²) in [4.78, 5) is 28.4. The molecule has 0 heterocycles. The number of nitrogens with one attached hydrogen (secondary N) is 1. The summed E-state index contributed by atoms with van der Waals surface area (Å²) in [5, 5.41) is 2.96. The van der Waals surface area contributed by atoms with E-state index < -0.39 is 28.5 Å². The molecule has 0 aliphatic heterocycles. The molecule has 2 amide bonds. The molecule has 10 heteroatoms. The van der Waals surface area contributed by atoms with Crippen LogP contribution in [0.2, 0.25) is 0 Å². The minimum Gasteiger partial charge on any atom is -0.497 e. The van der Waals surface area contributed by atoms with E-state index in [1.54, 1.807) is 12.1 Å². The molecule has 2 aromatic carbocycles. The van der Waals surface area contributed by atoms with Gasteiger partial charge >= 0.3 is 0 Å². The van der Waals surface area contributed by atoms with E-state index in [0.29, 0.717) is 18.6 Å². The van der Waals surface area contributed by atoms with Gasteiger partial charge in [0.2, 0.25) is 21.8 Å². The first-order chi connectivity index (χ1) is 17.5. The molecule has 0 saturated carbocycles. The lowest BCUT2D eigenvalue weighted by molar-refractivity contribution is -0.139. The zero-order valence-corrected chi connectivity index (χ0v) is 23.4. The molecule has 0 saturated heterocycles. The second-order valence-electron chi connectivity index (χ2n) is 8.87. The third kappa shape index (κ3) is 8.38. The minimum atomic E-state index is -3.90. The number of nitrogens with zero attached hydrogens (tertiary/aromatic N) is 2. The van der Waals surface area contributed by atoms with Crippen LogP contribution in [0.3, 0.4) is 0 Å². The maximum Gasteiger partial charge on any atom is 0.244 e. The first kappa shape index (κ1) is 30.0. The summed E-state index contributed by atoms with van der Waals surface area (Å²) in [6, 6.07) is 13.6. The van der Waals surface area contributed by atoms with Crippen LogP contribution in [0.4, 0.5) is 5.69 Å². The molecule has 37 heavy (non-hydrogen) atoms. The van der Waals surface area contributed by atoms with Crippen molar-refractivity contribution >= 4 is 27.5 Å². The van der Waals surface area contributed by atoms with Gasteiger partial charge < -0.3 is 19.7 Å². The van der Waals surface area contributed by atoms with Gasteiger partial charge in [0, 0.05) is 18.7 Å². The Morgan fingerprint density at radius 2 is 1.68 bits per heavy atom. The van der Waals surface area contributed by atoms with Crippen molar-refractivity contribution in [2.45, 2.75) is 52.1 Å². The standard InChI is InChI=1S/C27H39N3O6S/c1-7-20(3)28-27(32)23(8-2)29(17-16-21-12-10-9-11-13-21)26(31)19-30(37(6,33)34)24-18-22(35-4)14-15-25(24)36-5/h9-15,18,20,23H,7-8,16-17,19H2,1-6H3,(H,28,32). The van der Waals surface area contributed by atoms with Crippen LogP contribution in [0.5, 0.6) is 11.5 Å². The molecule has 204 valence electrons. The molecule has 2 aromatic rings. The van der Waals surface area contributed by atoms with E-state index in [1.165, 1.54) is 25.2 Å². The highest BCUT2D eigenvalue weighted by Crippen LogP contribution is 2.34. The predicted octanol–water partition coefficient (Wildman–Crippen LogP) is 3.23. The van der Waals surface area contributed by atoms with Gasteiger partial charge in [-0.25, -0.2) is 8.42 Å². The lowest BCUT2D eigenvalue weighted by Gasteiger charge is -2.33. The fraction of sp³-hybridized carbons (Fsp3) is 0.481. The van der Waals surface area contributed by atoms with E-state index >= 15 is 0 Å². The maximum atomic E-state index is 13.8. The lowest BCUT2D eigenvalue weighted by atomic mass is 10.1. The van der Waals surface area contributed by atoms with Gasteiger partial charge in [0.05, 0.1) is 26.2 Å². The zero-order valence-electron chi connectivity index (χ0n) is 22.6. The van der Waals surface area contributed by atoms with E-state index in [4.69, 9.17) is 9.47 Å². The summed E-state index contributed by atoms with van der Waals surface area (Å²) in [5.74, 6) is -0.0610. The minimum absolute atomic E-state index is 0.0545. The number of benzene rings is 2. The second kappa shape index (κ2) is 13.9. The van der Waals surface area contributed by atoms with Crippen molar-refractivity contribution in [1.82, 2.24) is 10.2 Å². The van der Waals surface area contributed by atoms with Crippen molar-refractivity contribution in [1.29, 1.82) is 0 Å². The monoisotopic (exact) mass is 533 g/mol.